The highest BCUT2D eigenvalue weighted by molar-refractivity contribution is 8.00. The van der Waals surface area contributed by atoms with Crippen molar-refractivity contribution < 1.29 is 9.53 Å². The third-order valence-electron chi connectivity index (χ3n) is 3.90. The monoisotopic (exact) mass is 402 g/mol. The van der Waals surface area contributed by atoms with Crippen LogP contribution >= 0.6 is 23.4 Å². The second kappa shape index (κ2) is 8.92. The van der Waals surface area contributed by atoms with Crippen LogP contribution in [0.1, 0.15) is 17.7 Å². The summed E-state index contributed by atoms with van der Waals surface area (Å²) in [4.78, 5) is 13.0. The number of aryl methyl sites for hydroxylation is 1. The fourth-order valence-electron chi connectivity index (χ4n) is 2.51. The number of benzene rings is 2. The SMILES string of the molecule is CCn1cnnc1S[C@@H](C(=O)Nc1ccc(OC)c(Cl)c1)c1ccccc1. The first-order valence-corrected chi connectivity index (χ1v) is 9.62. The molecular formula is C19H19ClN4O2S. The van der Waals surface area contributed by atoms with Gasteiger partial charge in [0.05, 0.1) is 12.1 Å². The van der Waals surface area contributed by atoms with Gasteiger partial charge in [-0.05, 0) is 30.7 Å². The summed E-state index contributed by atoms with van der Waals surface area (Å²) in [5.41, 5.74) is 1.48. The van der Waals surface area contributed by atoms with Gasteiger partial charge in [0.15, 0.2) is 5.16 Å². The first kappa shape index (κ1) is 19.3. The normalized spacial score (nSPS) is 11.8. The molecule has 0 aliphatic carbocycles. The average molecular weight is 403 g/mol. The predicted octanol–water partition coefficient (Wildman–Crippen LogP) is 4.43. The average Bonchev–Trinajstić information content (AvgIpc) is 3.14. The van der Waals surface area contributed by atoms with Crippen molar-refractivity contribution in [1.29, 1.82) is 0 Å². The molecule has 0 unspecified atom stereocenters. The second-order valence-corrected chi connectivity index (χ2v) is 7.13. The molecule has 3 aromatic rings. The van der Waals surface area contributed by atoms with Gasteiger partial charge in [0.25, 0.3) is 0 Å². The van der Waals surface area contributed by atoms with E-state index in [9.17, 15) is 4.79 Å². The smallest absolute Gasteiger partial charge is 0.242 e. The Labute approximate surface area is 166 Å². The Morgan fingerprint density at radius 3 is 2.74 bits per heavy atom. The minimum atomic E-state index is -0.485. The number of anilines is 1. The molecule has 3 rings (SSSR count). The lowest BCUT2D eigenvalue weighted by Crippen LogP contribution is -2.19. The minimum absolute atomic E-state index is 0.168. The summed E-state index contributed by atoms with van der Waals surface area (Å²) in [6, 6.07) is 14.7. The number of methoxy groups -OCH3 is 1. The quantitative estimate of drug-likeness (QED) is 0.592. The number of carbonyl (C=O) groups is 1. The van der Waals surface area contributed by atoms with Crippen LogP contribution < -0.4 is 10.1 Å². The Morgan fingerprint density at radius 1 is 1.30 bits per heavy atom. The van der Waals surface area contributed by atoms with Crippen LogP contribution in [-0.2, 0) is 11.3 Å². The van der Waals surface area contributed by atoms with Gasteiger partial charge in [0.1, 0.15) is 17.3 Å². The fourth-order valence-corrected chi connectivity index (χ4v) is 3.84. The number of rotatable bonds is 7. The van der Waals surface area contributed by atoms with E-state index in [1.807, 2.05) is 41.8 Å². The molecule has 1 atom stereocenters. The lowest BCUT2D eigenvalue weighted by molar-refractivity contribution is -0.115. The number of aromatic nitrogens is 3. The standard InChI is InChI=1S/C19H19ClN4O2S/c1-3-24-12-21-23-19(24)27-17(13-7-5-4-6-8-13)18(25)22-14-9-10-16(26-2)15(20)11-14/h4-12,17H,3H2,1-2H3,(H,22,25)/t17-/m1/s1. The molecule has 140 valence electrons. The fraction of sp³-hybridized carbons (Fsp3) is 0.211. The summed E-state index contributed by atoms with van der Waals surface area (Å²) in [5.74, 6) is 0.387. The van der Waals surface area contributed by atoms with Crippen LogP contribution in [0.25, 0.3) is 0 Å². The van der Waals surface area contributed by atoms with Gasteiger partial charge < -0.3 is 14.6 Å². The summed E-state index contributed by atoms with van der Waals surface area (Å²) in [7, 11) is 1.55. The largest absolute Gasteiger partial charge is 0.495 e. The van der Waals surface area contributed by atoms with Crippen molar-refractivity contribution in [2.45, 2.75) is 23.9 Å². The van der Waals surface area contributed by atoms with E-state index in [0.717, 1.165) is 12.1 Å². The third-order valence-corrected chi connectivity index (χ3v) is 5.45. The van der Waals surface area contributed by atoms with Crippen molar-refractivity contribution in [3.8, 4) is 5.75 Å². The van der Waals surface area contributed by atoms with E-state index in [2.05, 4.69) is 15.5 Å². The summed E-state index contributed by atoms with van der Waals surface area (Å²) < 4.78 is 7.05. The van der Waals surface area contributed by atoms with E-state index >= 15 is 0 Å². The number of hydrogen-bond donors (Lipinski definition) is 1. The Hall–Kier alpha value is -2.51. The molecular weight excluding hydrogens is 384 g/mol. The molecule has 1 amide bonds. The maximum atomic E-state index is 13.0. The Bertz CT molecular complexity index is 917. The highest BCUT2D eigenvalue weighted by Crippen LogP contribution is 2.36. The minimum Gasteiger partial charge on any atom is -0.495 e. The zero-order valence-corrected chi connectivity index (χ0v) is 16.5. The van der Waals surface area contributed by atoms with Crippen LogP contribution in [0.5, 0.6) is 5.75 Å². The number of thioether (sulfide) groups is 1. The highest BCUT2D eigenvalue weighted by Gasteiger charge is 2.24. The lowest BCUT2D eigenvalue weighted by Gasteiger charge is -2.17. The predicted molar refractivity (Wildman–Crippen MR) is 107 cm³/mol. The van der Waals surface area contributed by atoms with Crippen molar-refractivity contribution in [3.05, 3.63) is 65.4 Å². The van der Waals surface area contributed by atoms with Crippen molar-refractivity contribution >= 4 is 35.0 Å². The van der Waals surface area contributed by atoms with Crippen LogP contribution in [0.3, 0.4) is 0 Å². The molecule has 0 radical (unpaired) electrons. The van der Waals surface area contributed by atoms with Gasteiger partial charge in [-0.15, -0.1) is 10.2 Å². The van der Waals surface area contributed by atoms with Gasteiger partial charge in [-0.2, -0.15) is 0 Å². The van der Waals surface area contributed by atoms with Gasteiger partial charge in [-0.25, -0.2) is 0 Å². The molecule has 0 fully saturated rings. The first-order chi connectivity index (χ1) is 13.1. The van der Waals surface area contributed by atoms with E-state index in [1.165, 1.54) is 11.8 Å². The molecule has 0 aliphatic rings. The zero-order chi connectivity index (χ0) is 19.2. The van der Waals surface area contributed by atoms with Crippen LogP contribution in [0.4, 0.5) is 5.69 Å². The summed E-state index contributed by atoms with van der Waals surface area (Å²) in [6.07, 6.45) is 1.66. The van der Waals surface area contributed by atoms with Crippen LogP contribution in [-0.4, -0.2) is 27.8 Å². The molecule has 2 aromatic carbocycles. The van der Waals surface area contributed by atoms with E-state index in [4.69, 9.17) is 16.3 Å². The number of carbonyl (C=O) groups excluding carboxylic acids is 1. The van der Waals surface area contributed by atoms with Crippen molar-refractivity contribution in [1.82, 2.24) is 14.8 Å². The maximum Gasteiger partial charge on any atom is 0.242 e. The summed E-state index contributed by atoms with van der Waals surface area (Å²) >= 11 is 7.52. The van der Waals surface area contributed by atoms with E-state index in [1.54, 1.807) is 31.6 Å². The van der Waals surface area contributed by atoms with Gasteiger partial charge >= 0.3 is 0 Å². The molecule has 1 heterocycles. The molecule has 1 N–H and O–H groups in total. The summed E-state index contributed by atoms with van der Waals surface area (Å²) in [6.45, 7) is 2.73. The van der Waals surface area contributed by atoms with Crippen LogP contribution in [0, 0.1) is 0 Å². The molecule has 1 aromatic heterocycles. The number of ether oxygens (including phenoxy) is 1. The third kappa shape index (κ3) is 4.61. The van der Waals surface area contributed by atoms with Gasteiger partial charge in [0, 0.05) is 12.2 Å². The maximum absolute atomic E-state index is 13.0. The molecule has 27 heavy (non-hydrogen) atoms. The number of nitrogens with zero attached hydrogens (tertiary/aromatic N) is 3. The van der Waals surface area contributed by atoms with Gasteiger partial charge in [-0.1, -0.05) is 53.7 Å². The molecule has 6 nitrogen and oxygen atoms in total. The second-order valence-electron chi connectivity index (χ2n) is 5.65. The molecule has 0 spiro atoms. The Morgan fingerprint density at radius 2 is 2.07 bits per heavy atom. The lowest BCUT2D eigenvalue weighted by atomic mass is 10.1. The number of amides is 1. The van der Waals surface area contributed by atoms with E-state index < -0.39 is 5.25 Å². The Balaban J connectivity index is 1.86. The molecule has 0 saturated carbocycles. The Kier molecular flexibility index (Phi) is 6.36. The first-order valence-electron chi connectivity index (χ1n) is 8.36. The van der Waals surface area contributed by atoms with Gasteiger partial charge in [-0.3, -0.25) is 4.79 Å². The molecule has 0 saturated heterocycles. The topological polar surface area (TPSA) is 69.0 Å². The van der Waals surface area contributed by atoms with Crippen molar-refractivity contribution in [2.24, 2.45) is 0 Å². The molecule has 8 heteroatoms. The van der Waals surface area contributed by atoms with E-state index in [0.29, 0.717) is 21.6 Å². The van der Waals surface area contributed by atoms with Crippen LogP contribution in [0.2, 0.25) is 5.02 Å². The van der Waals surface area contributed by atoms with Crippen LogP contribution in [0.15, 0.2) is 60.0 Å². The molecule has 0 aliphatic heterocycles. The summed E-state index contributed by atoms with van der Waals surface area (Å²) in [5, 5.41) is 11.6. The highest BCUT2D eigenvalue weighted by atomic mass is 35.5. The van der Waals surface area contributed by atoms with Crippen molar-refractivity contribution in [2.75, 3.05) is 12.4 Å². The zero-order valence-electron chi connectivity index (χ0n) is 14.9. The van der Waals surface area contributed by atoms with Gasteiger partial charge in [0.2, 0.25) is 5.91 Å². The van der Waals surface area contributed by atoms with Crippen molar-refractivity contribution in [3.63, 3.8) is 0 Å². The number of nitrogens with one attached hydrogen (secondary N) is 1. The van der Waals surface area contributed by atoms with E-state index in [-0.39, 0.29) is 5.91 Å². The number of hydrogen-bond acceptors (Lipinski definition) is 5. The number of halogens is 1. The molecule has 0 bridgehead atoms.